The first kappa shape index (κ1) is 19.2. The molecule has 0 N–H and O–H groups in total. The Balaban J connectivity index is 1.98. The standard InChI is InChI=1S/C16H24ClN3O3S/c1-3-19(4-2)16(21)13-18-9-11-20(12-10-18)24(22,23)15-8-6-5-7-14(15)17/h5-8H,3-4,9-13H2,1-2H3. The molecule has 0 aromatic heterocycles. The molecule has 1 aliphatic heterocycles. The highest BCUT2D eigenvalue weighted by Gasteiger charge is 2.30. The number of amides is 1. The minimum Gasteiger partial charge on any atom is -0.342 e. The van der Waals surface area contributed by atoms with E-state index in [0.717, 1.165) is 0 Å². The van der Waals surface area contributed by atoms with Crippen LogP contribution in [0.25, 0.3) is 0 Å². The van der Waals surface area contributed by atoms with E-state index in [9.17, 15) is 13.2 Å². The zero-order chi connectivity index (χ0) is 17.7. The van der Waals surface area contributed by atoms with Crippen LogP contribution in [0.4, 0.5) is 0 Å². The van der Waals surface area contributed by atoms with Gasteiger partial charge in [0, 0.05) is 39.3 Å². The van der Waals surface area contributed by atoms with Crippen molar-refractivity contribution in [2.75, 3.05) is 45.8 Å². The van der Waals surface area contributed by atoms with Crippen LogP contribution in [0, 0.1) is 0 Å². The molecule has 0 radical (unpaired) electrons. The Morgan fingerprint density at radius 3 is 2.25 bits per heavy atom. The zero-order valence-corrected chi connectivity index (χ0v) is 15.7. The number of carbonyl (C=O) groups is 1. The maximum atomic E-state index is 12.7. The minimum atomic E-state index is -3.59. The van der Waals surface area contributed by atoms with Crippen LogP contribution in [0.5, 0.6) is 0 Å². The van der Waals surface area contributed by atoms with Crippen molar-refractivity contribution in [2.45, 2.75) is 18.7 Å². The number of hydrogen-bond donors (Lipinski definition) is 0. The van der Waals surface area contributed by atoms with Gasteiger partial charge in [0.1, 0.15) is 4.90 Å². The van der Waals surface area contributed by atoms with Gasteiger partial charge >= 0.3 is 0 Å². The van der Waals surface area contributed by atoms with Crippen molar-refractivity contribution in [3.63, 3.8) is 0 Å². The van der Waals surface area contributed by atoms with Gasteiger partial charge in [-0.05, 0) is 26.0 Å². The van der Waals surface area contributed by atoms with Crippen LogP contribution < -0.4 is 0 Å². The number of carbonyl (C=O) groups excluding carboxylic acids is 1. The number of rotatable bonds is 6. The lowest BCUT2D eigenvalue weighted by Gasteiger charge is -2.34. The molecule has 24 heavy (non-hydrogen) atoms. The lowest BCUT2D eigenvalue weighted by molar-refractivity contribution is -0.132. The summed E-state index contributed by atoms with van der Waals surface area (Å²) in [6, 6.07) is 6.47. The molecule has 1 saturated heterocycles. The molecule has 0 spiro atoms. The topological polar surface area (TPSA) is 60.9 Å². The average Bonchev–Trinajstić information content (AvgIpc) is 2.56. The van der Waals surface area contributed by atoms with E-state index in [2.05, 4.69) is 0 Å². The molecule has 8 heteroatoms. The highest BCUT2D eigenvalue weighted by Crippen LogP contribution is 2.24. The Hall–Kier alpha value is -1.15. The van der Waals surface area contributed by atoms with Crippen LogP contribution in [-0.2, 0) is 14.8 Å². The molecule has 1 heterocycles. The summed E-state index contributed by atoms with van der Waals surface area (Å²) in [5, 5.41) is 0.233. The van der Waals surface area contributed by atoms with Gasteiger partial charge in [-0.2, -0.15) is 4.31 Å². The maximum absolute atomic E-state index is 12.7. The van der Waals surface area contributed by atoms with Crippen LogP contribution in [0.1, 0.15) is 13.8 Å². The fourth-order valence-corrected chi connectivity index (χ4v) is 4.70. The van der Waals surface area contributed by atoms with Gasteiger partial charge in [-0.3, -0.25) is 9.69 Å². The fraction of sp³-hybridized carbons (Fsp3) is 0.562. The normalized spacial score (nSPS) is 17.0. The molecule has 1 aromatic carbocycles. The first-order chi connectivity index (χ1) is 11.4. The minimum absolute atomic E-state index is 0.0856. The molecule has 1 amide bonds. The number of halogens is 1. The van der Waals surface area contributed by atoms with E-state index >= 15 is 0 Å². The van der Waals surface area contributed by atoms with Crippen molar-refractivity contribution in [3.8, 4) is 0 Å². The van der Waals surface area contributed by atoms with E-state index in [1.165, 1.54) is 10.4 Å². The molecule has 134 valence electrons. The van der Waals surface area contributed by atoms with Crippen LogP contribution >= 0.6 is 11.6 Å². The molecule has 2 rings (SSSR count). The van der Waals surface area contributed by atoms with Crippen molar-refractivity contribution >= 4 is 27.5 Å². The number of nitrogens with zero attached hydrogens (tertiary/aromatic N) is 3. The van der Waals surface area contributed by atoms with E-state index in [4.69, 9.17) is 11.6 Å². The maximum Gasteiger partial charge on any atom is 0.244 e. The molecule has 0 saturated carbocycles. The lowest BCUT2D eigenvalue weighted by atomic mass is 10.3. The summed E-state index contributed by atoms with van der Waals surface area (Å²) < 4.78 is 26.8. The largest absolute Gasteiger partial charge is 0.342 e. The average molecular weight is 374 g/mol. The summed E-state index contributed by atoms with van der Waals surface area (Å²) in [4.78, 5) is 16.1. The number of likely N-dealkylation sites (N-methyl/N-ethyl adjacent to an activating group) is 1. The number of hydrogen-bond acceptors (Lipinski definition) is 4. The fourth-order valence-electron chi connectivity index (χ4n) is 2.79. The number of sulfonamides is 1. The summed E-state index contributed by atoms with van der Waals surface area (Å²) in [7, 11) is -3.59. The Morgan fingerprint density at radius 1 is 1.12 bits per heavy atom. The summed E-state index contributed by atoms with van der Waals surface area (Å²) in [6.45, 7) is 7.42. The SMILES string of the molecule is CCN(CC)C(=O)CN1CCN(S(=O)(=O)c2ccccc2Cl)CC1. The second-order valence-corrected chi connectivity index (χ2v) is 7.99. The van der Waals surface area contributed by atoms with Gasteiger partial charge in [-0.25, -0.2) is 8.42 Å². The monoisotopic (exact) mass is 373 g/mol. The van der Waals surface area contributed by atoms with E-state index in [0.29, 0.717) is 45.8 Å². The zero-order valence-electron chi connectivity index (χ0n) is 14.1. The van der Waals surface area contributed by atoms with E-state index in [1.807, 2.05) is 18.7 Å². The predicted octanol–water partition coefficient (Wildman–Crippen LogP) is 1.51. The van der Waals surface area contributed by atoms with Crippen LogP contribution in [0.15, 0.2) is 29.2 Å². The first-order valence-electron chi connectivity index (χ1n) is 8.15. The number of piperazine rings is 1. The highest BCUT2D eigenvalue weighted by molar-refractivity contribution is 7.89. The molecule has 1 aliphatic rings. The predicted molar refractivity (Wildman–Crippen MR) is 94.6 cm³/mol. The third-order valence-electron chi connectivity index (χ3n) is 4.26. The van der Waals surface area contributed by atoms with Crippen molar-refractivity contribution in [1.82, 2.24) is 14.1 Å². The Bertz CT molecular complexity index is 669. The second-order valence-electron chi connectivity index (χ2n) is 5.68. The van der Waals surface area contributed by atoms with Gasteiger partial charge in [0.2, 0.25) is 15.9 Å². The Labute approximate surface area is 149 Å². The smallest absolute Gasteiger partial charge is 0.244 e. The van der Waals surface area contributed by atoms with E-state index < -0.39 is 10.0 Å². The first-order valence-corrected chi connectivity index (χ1v) is 9.96. The Morgan fingerprint density at radius 2 is 1.71 bits per heavy atom. The van der Waals surface area contributed by atoms with Crippen molar-refractivity contribution in [1.29, 1.82) is 0 Å². The molecular weight excluding hydrogens is 350 g/mol. The molecule has 0 unspecified atom stereocenters. The van der Waals surface area contributed by atoms with Crippen LogP contribution in [-0.4, -0.2) is 74.2 Å². The summed E-state index contributed by atoms with van der Waals surface area (Å²) in [5.41, 5.74) is 0. The molecular formula is C16H24ClN3O3S. The van der Waals surface area contributed by atoms with Crippen molar-refractivity contribution < 1.29 is 13.2 Å². The van der Waals surface area contributed by atoms with Crippen molar-refractivity contribution in [3.05, 3.63) is 29.3 Å². The van der Waals surface area contributed by atoms with Gasteiger partial charge in [0.15, 0.2) is 0 Å². The summed E-state index contributed by atoms with van der Waals surface area (Å²) in [6.07, 6.45) is 0. The van der Waals surface area contributed by atoms with Gasteiger partial charge in [0.05, 0.1) is 11.6 Å². The van der Waals surface area contributed by atoms with Gasteiger partial charge < -0.3 is 4.90 Å². The van der Waals surface area contributed by atoms with Gasteiger partial charge in [0.25, 0.3) is 0 Å². The molecule has 0 aliphatic carbocycles. The second kappa shape index (κ2) is 8.29. The van der Waals surface area contributed by atoms with Crippen LogP contribution in [0.3, 0.4) is 0 Å². The molecule has 1 aromatic rings. The van der Waals surface area contributed by atoms with E-state index in [-0.39, 0.29) is 15.8 Å². The molecule has 1 fully saturated rings. The van der Waals surface area contributed by atoms with E-state index in [1.54, 1.807) is 23.1 Å². The van der Waals surface area contributed by atoms with Crippen molar-refractivity contribution in [2.24, 2.45) is 0 Å². The quantitative estimate of drug-likeness (QED) is 0.758. The molecule has 6 nitrogen and oxygen atoms in total. The van der Waals surface area contributed by atoms with Crippen LogP contribution in [0.2, 0.25) is 5.02 Å². The lowest BCUT2D eigenvalue weighted by Crippen LogP contribution is -2.51. The summed E-state index contributed by atoms with van der Waals surface area (Å²) in [5.74, 6) is 0.0856. The van der Waals surface area contributed by atoms with Gasteiger partial charge in [-0.15, -0.1) is 0 Å². The van der Waals surface area contributed by atoms with Gasteiger partial charge in [-0.1, -0.05) is 23.7 Å². The highest BCUT2D eigenvalue weighted by atomic mass is 35.5. The number of benzene rings is 1. The summed E-state index contributed by atoms with van der Waals surface area (Å²) >= 11 is 6.03. The third-order valence-corrected chi connectivity index (χ3v) is 6.66. The third kappa shape index (κ3) is 4.27. The molecule has 0 atom stereocenters. The molecule has 0 bridgehead atoms. The Kier molecular flexibility index (Phi) is 6.62.